The molecule has 25 heavy (non-hydrogen) atoms. The van der Waals surface area contributed by atoms with Crippen molar-refractivity contribution in [3.63, 3.8) is 0 Å². The fourth-order valence-electron chi connectivity index (χ4n) is 2.65. The van der Waals surface area contributed by atoms with Crippen molar-refractivity contribution in [3.05, 3.63) is 53.6 Å². The first-order chi connectivity index (χ1) is 11.8. The molecule has 0 atom stereocenters. The van der Waals surface area contributed by atoms with Crippen molar-refractivity contribution in [2.24, 2.45) is 0 Å². The van der Waals surface area contributed by atoms with Crippen LogP contribution >= 0.6 is 11.6 Å². The number of rotatable bonds is 5. The molecular formula is C16H17ClN2O4S2. The van der Waals surface area contributed by atoms with E-state index in [-0.39, 0.29) is 20.5 Å². The second-order valence-corrected chi connectivity index (χ2v) is 9.67. The Bertz CT molecular complexity index is 970. The molecule has 1 aliphatic rings. The topological polar surface area (TPSA) is 83.5 Å². The van der Waals surface area contributed by atoms with Crippen LogP contribution in [0.25, 0.3) is 0 Å². The number of hydrogen-bond acceptors (Lipinski definition) is 4. The van der Waals surface area contributed by atoms with E-state index in [9.17, 15) is 16.8 Å². The first kappa shape index (κ1) is 18.2. The lowest BCUT2D eigenvalue weighted by Crippen LogP contribution is -2.28. The van der Waals surface area contributed by atoms with Gasteiger partial charge in [-0.3, -0.25) is 4.72 Å². The zero-order valence-electron chi connectivity index (χ0n) is 13.2. The van der Waals surface area contributed by atoms with Crippen LogP contribution in [0.1, 0.15) is 12.8 Å². The molecule has 1 saturated heterocycles. The van der Waals surface area contributed by atoms with Crippen molar-refractivity contribution in [1.29, 1.82) is 0 Å². The van der Waals surface area contributed by atoms with Gasteiger partial charge in [-0.25, -0.2) is 16.8 Å². The van der Waals surface area contributed by atoms with Gasteiger partial charge in [-0.05, 0) is 43.2 Å². The Hall–Kier alpha value is -1.61. The third-order valence-corrected chi connectivity index (χ3v) is 7.70. The van der Waals surface area contributed by atoms with Crippen molar-refractivity contribution in [2.45, 2.75) is 22.6 Å². The highest BCUT2D eigenvalue weighted by atomic mass is 35.5. The molecule has 0 spiro atoms. The van der Waals surface area contributed by atoms with E-state index in [1.165, 1.54) is 34.6 Å². The van der Waals surface area contributed by atoms with Gasteiger partial charge in [-0.1, -0.05) is 29.8 Å². The summed E-state index contributed by atoms with van der Waals surface area (Å²) in [5.41, 5.74) is 0.144. The minimum absolute atomic E-state index is 0.0644. The van der Waals surface area contributed by atoms with Crippen molar-refractivity contribution >= 4 is 37.3 Å². The van der Waals surface area contributed by atoms with Gasteiger partial charge in [0.05, 0.1) is 15.6 Å². The Kier molecular flexibility index (Phi) is 5.06. The number of anilines is 1. The standard InChI is InChI=1S/C16H17ClN2O4S2/c17-15-9-8-13(18-24(20,21)14-6-2-1-3-7-14)12-16(15)25(22,23)19-10-4-5-11-19/h1-3,6-9,12,18H,4-5,10-11H2. The number of hydrogen-bond donors (Lipinski definition) is 1. The Morgan fingerprint density at radius 1 is 0.920 bits per heavy atom. The molecule has 1 heterocycles. The molecule has 9 heteroatoms. The first-order valence-corrected chi connectivity index (χ1v) is 11.0. The van der Waals surface area contributed by atoms with E-state index in [2.05, 4.69) is 4.72 Å². The Morgan fingerprint density at radius 2 is 1.56 bits per heavy atom. The largest absolute Gasteiger partial charge is 0.280 e. The minimum Gasteiger partial charge on any atom is -0.280 e. The van der Waals surface area contributed by atoms with Gasteiger partial charge in [0, 0.05) is 13.1 Å². The zero-order chi connectivity index (χ0) is 18.1. The lowest BCUT2D eigenvalue weighted by molar-refractivity contribution is 0.477. The molecule has 1 aliphatic heterocycles. The summed E-state index contributed by atoms with van der Waals surface area (Å²) >= 11 is 6.06. The van der Waals surface area contributed by atoms with E-state index in [0.29, 0.717) is 13.1 Å². The second kappa shape index (κ2) is 6.95. The number of nitrogens with zero attached hydrogens (tertiary/aromatic N) is 1. The van der Waals surface area contributed by atoms with Crippen LogP contribution in [0.3, 0.4) is 0 Å². The van der Waals surface area contributed by atoms with Crippen molar-refractivity contribution in [2.75, 3.05) is 17.8 Å². The quantitative estimate of drug-likeness (QED) is 0.836. The average Bonchev–Trinajstić information content (AvgIpc) is 3.12. The highest BCUT2D eigenvalue weighted by molar-refractivity contribution is 7.92. The zero-order valence-corrected chi connectivity index (χ0v) is 15.6. The molecule has 3 rings (SSSR count). The molecule has 134 valence electrons. The summed E-state index contributed by atoms with van der Waals surface area (Å²) < 4.78 is 54.0. The molecule has 1 fully saturated rings. The van der Waals surface area contributed by atoms with Gasteiger partial charge in [-0.2, -0.15) is 4.31 Å². The van der Waals surface area contributed by atoms with Crippen molar-refractivity contribution in [1.82, 2.24) is 4.31 Å². The molecule has 2 aromatic carbocycles. The maximum Gasteiger partial charge on any atom is 0.261 e. The summed E-state index contributed by atoms with van der Waals surface area (Å²) in [5, 5.41) is 0.0644. The summed E-state index contributed by atoms with van der Waals surface area (Å²) in [6.45, 7) is 0.886. The van der Waals surface area contributed by atoms with E-state index in [4.69, 9.17) is 11.6 Å². The molecule has 0 bridgehead atoms. The third-order valence-electron chi connectivity index (χ3n) is 3.92. The van der Waals surface area contributed by atoms with Crippen LogP contribution in [0, 0.1) is 0 Å². The monoisotopic (exact) mass is 400 g/mol. The van der Waals surface area contributed by atoms with Gasteiger partial charge in [-0.15, -0.1) is 0 Å². The van der Waals surface area contributed by atoms with Crippen molar-refractivity contribution in [3.8, 4) is 0 Å². The summed E-state index contributed by atoms with van der Waals surface area (Å²) in [6.07, 6.45) is 1.61. The van der Waals surface area contributed by atoms with Gasteiger partial charge >= 0.3 is 0 Å². The van der Waals surface area contributed by atoms with Gasteiger partial charge in [0.25, 0.3) is 10.0 Å². The summed E-state index contributed by atoms with van der Waals surface area (Å²) in [7, 11) is -7.55. The summed E-state index contributed by atoms with van der Waals surface area (Å²) in [5.74, 6) is 0. The number of nitrogens with one attached hydrogen (secondary N) is 1. The highest BCUT2D eigenvalue weighted by Crippen LogP contribution is 2.30. The maximum absolute atomic E-state index is 12.7. The predicted octanol–water partition coefficient (Wildman–Crippen LogP) is 2.93. The average molecular weight is 401 g/mol. The third kappa shape index (κ3) is 3.82. The fourth-order valence-corrected chi connectivity index (χ4v) is 5.73. The molecule has 2 aromatic rings. The molecule has 6 nitrogen and oxygen atoms in total. The molecule has 0 amide bonds. The smallest absolute Gasteiger partial charge is 0.261 e. The van der Waals surface area contributed by atoms with Crippen LogP contribution in [0.2, 0.25) is 5.02 Å². The van der Waals surface area contributed by atoms with Crippen LogP contribution in [-0.2, 0) is 20.0 Å². The van der Waals surface area contributed by atoms with Crippen LogP contribution in [0.4, 0.5) is 5.69 Å². The molecular weight excluding hydrogens is 384 g/mol. The Labute approximate surface area is 152 Å². The summed E-state index contributed by atoms with van der Waals surface area (Å²) in [6, 6.07) is 11.9. The highest BCUT2D eigenvalue weighted by Gasteiger charge is 2.29. The van der Waals surface area contributed by atoms with Crippen LogP contribution < -0.4 is 4.72 Å². The minimum atomic E-state index is -3.81. The number of benzene rings is 2. The van der Waals surface area contributed by atoms with Crippen LogP contribution in [-0.4, -0.2) is 34.2 Å². The molecule has 0 aliphatic carbocycles. The normalized spacial score (nSPS) is 16.0. The van der Waals surface area contributed by atoms with E-state index < -0.39 is 20.0 Å². The van der Waals surface area contributed by atoms with Gasteiger partial charge in [0.15, 0.2) is 0 Å². The number of halogens is 1. The second-order valence-electron chi connectivity index (χ2n) is 5.67. The predicted molar refractivity (Wildman–Crippen MR) is 96.7 cm³/mol. The van der Waals surface area contributed by atoms with Gasteiger partial charge < -0.3 is 0 Å². The molecule has 0 saturated carbocycles. The van der Waals surface area contributed by atoms with E-state index in [1.54, 1.807) is 18.2 Å². The molecule has 1 N–H and O–H groups in total. The lowest BCUT2D eigenvalue weighted by Gasteiger charge is -2.17. The van der Waals surface area contributed by atoms with Gasteiger partial charge in [0.1, 0.15) is 4.90 Å². The summed E-state index contributed by atoms with van der Waals surface area (Å²) in [4.78, 5) is -0.00164. The molecule has 0 radical (unpaired) electrons. The Morgan fingerprint density at radius 3 is 2.20 bits per heavy atom. The SMILES string of the molecule is O=S(=O)(Nc1ccc(Cl)c(S(=O)(=O)N2CCCC2)c1)c1ccccc1. The fraction of sp³-hybridized carbons (Fsp3) is 0.250. The van der Waals surface area contributed by atoms with Gasteiger partial charge in [0.2, 0.25) is 10.0 Å². The molecule has 0 unspecified atom stereocenters. The Balaban J connectivity index is 1.95. The van der Waals surface area contributed by atoms with E-state index in [1.807, 2.05) is 0 Å². The molecule has 0 aromatic heterocycles. The lowest BCUT2D eigenvalue weighted by atomic mass is 10.3. The number of sulfonamides is 2. The van der Waals surface area contributed by atoms with Crippen LogP contribution in [0.15, 0.2) is 58.3 Å². The maximum atomic E-state index is 12.7. The van der Waals surface area contributed by atoms with E-state index in [0.717, 1.165) is 12.8 Å². The van der Waals surface area contributed by atoms with Crippen LogP contribution in [0.5, 0.6) is 0 Å². The first-order valence-electron chi connectivity index (χ1n) is 7.68. The van der Waals surface area contributed by atoms with Crippen molar-refractivity contribution < 1.29 is 16.8 Å². The van der Waals surface area contributed by atoms with E-state index >= 15 is 0 Å².